The van der Waals surface area contributed by atoms with Crippen LogP contribution in [0.5, 0.6) is 0 Å². The van der Waals surface area contributed by atoms with E-state index in [1.165, 1.54) is 0 Å². The van der Waals surface area contributed by atoms with Gasteiger partial charge in [-0.05, 0) is 146 Å². The molecule has 14 nitrogen and oxygen atoms in total. The first-order valence-electron chi connectivity index (χ1n) is 18.9. The Hall–Kier alpha value is -8.44. The number of thiocarbonyl (C=S) groups is 2. The van der Waals surface area contributed by atoms with Crippen molar-refractivity contribution in [3.63, 3.8) is 0 Å². The molecule has 0 aliphatic rings. The number of hydrogen-bond donors (Lipinski definition) is 6. The van der Waals surface area contributed by atoms with E-state index < -0.39 is 0 Å². The van der Waals surface area contributed by atoms with Gasteiger partial charge in [0.2, 0.25) is 0 Å². The van der Waals surface area contributed by atoms with Crippen LogP contribution < -0.4 is 31.9 Å². The van der Waals surface area contributed by atoms with Crippen LogP contribution in [0.4, 0.5) is 46.2 Å². The summed E-state index contributed by atoms with van der Waals surface area (Å²) in [6.07, 6.45) is 10.2. The number of nitrogens with one attached hydrogen (secondary N) is 6. The molecule has 0 bridgehead atoms. The lowest BCUT2D eigenvalue weighted by Gasteiger charge is -2.13. The molecule has 0 saturated heterocycles. The van der Waals surface area contributed by atoms with Crippen molar-refractivity contribution >= 4 is 80.8 Å². The van der Waals surface area contributed by atoms with Gasteiger partial charge in [0.15, 0.2) is 21.7 Å². The fourth-order valence-corrected chi connectivity index (χ4v) is 6.17. The Balaban J connectivity index is 0.000000186. The smallest absolute Gasteiger partial charge is 0.299 e. The van der Waals surface area contributed by atoms with Gasteiger partial charge in [-0.1, -0.05) is 12.1 Å². The third-order valence-electron chi connectivity index (χ3n) is 8.94. The highest BCUT2D eigenvalue weighted by Crippen LogP contribution is 2.29. The second-order valence-electron chi connectivity index (χ2n) is 13.4. The molecule has 8 aromatic rings. The molecule has 0 saturated carbocycles. The van der Waals surface area contributed by atoms with Crippen molar-refractivity contribution in [3.8, 4) is 34.8 Å². The highest BCUT2D eigenvalue weighted by Gasteiger charge is 2.11. The van der Waals surface area contributed by atoms with Gasteiger partial charge in [-0.2, -0.15) is 10.5 Å². The first-order valence-corrected chi connectivity index (χ1v) is 19.7. The van der Waals surface area contributed by atoms with Crippen molar-refractivity contribution in [2.45, 2.75) is 13.8 Å². The van der Waals surface area contributed by atoms with Gasteiger partial charge in [0, 0.05) is 70.0 Å². The van der Waals surface area contributed by atoms with E-state index in [0.29, 0.717) is 44.9 Å². The fourth-order valence-electron chi connectivity index (χ4n) is 5.70. The van der Waals surface area contributed by atoms with E-state index in [0.717, 1.165) is 56.4 Å². The van der Waals surface area contributed by atoms with Gasteiger partial charge in [-0.25, -0.2) is 9.97 Å². The standard InChI is InChI=1S/2C23H18N6OS/c1-15-2-5-19(28-23(31)27-18-6-3-16(13-24)4-7-18)12-20(15)29-22-26-14-21(30-22)17-8-10-25-11-9-17;1-15-4-7-19(28-23(31)27-18-8-5-16(12-24)6-9-18)11-20(15)29-22-26-14-21(30-22)17-3-2-10-25-13-17/h2-12,14H,1H3,(H,26,29)(H2,27,28,31);2-11,13-14H,1H3,(H,26,29)(H2,27,28,31). The quantitative estimate of drug-likeness (QED) is 0.0710. The molecule has 8 rings (SSSR count). The van der Waals surface area contributed by atoms with Crippen LogP contribution in [0.2, 0.25) is 0 Å². The number of anilines is 8. The summed E-state index contributed by atoms with van der Waals surface area (Å²) in [6.45, 7) is 3.98. The lowest BCUT2D eigenvalue weighted by atomic mass is 10.2. The molecular weight excluding hydrogens is 817 g/mol. The number of benzene rings is 4. The van der Waals surface area contributed by atoms with Crippen molar-refractivity contribution in [3.05, 3.63) is 169 Å². The summed E-state index contributed by atoms with van der Waals surface area (Å²) in [5.74, 6) is 1.29. The molecular formula is C46H36N12O2S2. The van der Waals surface area contributed by atoms with E-state index in [1.54, 1.807) is 85.7 Å². The average molecular weight is 853 g/mol. The second-order valence-corrected chi connectivity index (χ2v) is 14.2. The van der Waals surface area contributed by atoms with Crippen molar-refractivity contribution in [2.75, 3.05) is 31.9 Å². The Bertz CT molecular complexity index is 2690. The maximum atomic E-state index is 8.89. The number of aromatic nitrogens is 4. The normalized spacial score (nSPS) is 10.2. The second kappa shape index (κ2) is 20.0. The molecule has 4 aromatic carbocycles. The largest absolute Gasteiger partial charge is 0.423 e. The van der Waals surface area contributed by atoms with E-state index >= 15 is 0 Å². The molecule has 0 aliphatic heterocycles. The third kappa shape index (κ3) is 11.4. The van der Waals surface area contributed by atoms with E-state index in [-0.39, 0.29) is 0 Å². The molecule has 304 valence electrons. The lowest BCUT2D eigenvalue weighted by molar-refractivity contribution is 0.591. The maximum Gasteiger partial charge on any atom is 0.299 e. The summed E-state index contributed by atoms with van der Waals surface area (Å²) < 4.78 is 11.6. The Morgan fingerprint density at radius 1 is 0.516 bits per heavy atom. The van der Waals surface area contributed by atoms with Gasteiger partial charge >= 0.3 is 0 Å². The SMILES string of the molecule is Cc1ccc(NC(=S)Nc2ccc(C#N)cc2)cc1Nc1ncc(-c2cccnc2)o1.Cc1ccc(NC(=S)Nc2ccc(C#N)cc2)cc1Nc1ncc(-c2ccncc2)o1. The molecule has 4 heterocycles. The summed E-state index contributed by atoms with van der Waals surface area (Å²) in [4.78, 5) is 16.7. The zero-order valence-electron chi connectivity index (χ0n) is 33.2. The minimum atomic E-state index is 0.386. The van der Waals surface area contributed by atoms with Crippen LogP contribution in [0, 0.1) is 36.5 Å². The summed E-state index contributed by atoms with van der Waals surface area (Å²) in [5.41, 5.74) is 9.89. The van der Waals surface area contributed by atoms with E-state index in [9.17, 15) is 0 Å². The molecule has 16 heteroatoms. The summed E-state index contributed by atoms with van der Waals surface area (Å²) in [6, 6.07) is 38.3. The topological polar surface area (TPSA) is 198 Å². The molecule has 0 amide bonds. The third-order valence-corrected chi connectivity index (χ3v) is 9.35. The predicted octanol–water partition coefficient (Wildman–Crippen LogP) is 10.9. The number of hydrogen-bond acceptors (Lipinski definition) is 12. The number of pyridine rings is 2. The average Bonchev–Trinajstić information content (AvgIpc) is 3.98. The van der Waals surface area contributed by atoms with Gasteiger partial charge < -0.3 is 40.7 Å². The first kappa shape index (κ1) is 41.7. The predicted molar refractivity (Wildman–Crippen MR) is 250 cm³/mol. The van der Waals surface area contributed by atoms with Gasteiger partial charge in [0.1, 0.15) is 0 Å². The van der Waals surface area contributed by atoms with Gasteiger partial charge in [-0.3, -0.25) is 9.97 Å². The molecule has 0 spiro atoms. The fraction of sp³-hybridized carbons (Fsp3) is 0.0435. The van der Waals surface area contributed by atoms with Crippen LogP contribution in [-0.4, -0.2) is 30.2 Å². The molecule has 0 aliphatic carbocycles. The molecule has 4 aromatic heterocycles. The number of aryl methyl sites for hydroxylation is 2. The van der Waals surface area contributed by atoms with Crippen LogP contribution >= 0.6 is 24.4 Å². The van der Waals surface area contributed by atoms with E-state index in [2.05, 4.69) is 64.0 Å². The van der Waals surface area contributed by atoms with Gasteiger partial charge in [0.25, 0.3) is 12.0 Å². The summed E-state index contributed by atoms with van der Waals surface area (Å²) >= 11 is 10.8. The molecule has 0 fully saturated rings. The van der Waals surface area contributed by atoms with Crippen LogP contribution in [0.15, 0.2) is 155 Å². The molecule has 6 N–H and O–H groups in total. The van der Waals surface area contributed by atoms with E-state index in [4.69, 9.17) is 43.8 Å². The Morgan fingerprint density at radius 2 is 0.968 bits per heavy atom. The Kier molecular flexibility index (Phi) is 13.5. The number of nitriles is 2. The Labute approximate surface area is 367 Å². The van der Waals surface area contributed by atoms with Crippen molar-refractivity contribution in [1.29, 1.82) is 10.5 Å². The van der Waals surface area contributed by atoms with Crippen molar-refractivity contribution < 1.29 is 8.83 Å². The molecule has 0 radical (unpaired) electrons. The minimum absolute atomic E-state index is 0.386. The Morgan fingerprint density at radius 3 is 1.42 bits per heavy atom. The first-order chi connectivity index (χ1) is 30.2. The molecule has 0 unspecified atom stereocenters. The maximum absolute atomic E-state index is 8.89. The highest BCUT2D eigenvalue weighted by atomic mass is 32.1. The van der Waals surface area contributed by atoms with Crippen LogP contribution in [0.3, 0.4) is 0 Å². The number of rotatable bonds is 10. The number of nitrogens with zero attached hydrogens (tertiary/aromatic N) is 6. The van der Waals surface area contributed by atoms with Gasteiger partial charge in [-0.15, -0.1) is 0 Å². The monoisotopic (exact) mass is 852 g/mol. The van der Waals surface area contributed by atoms with E-state index in [1.807, 2.05) is 74.5 Å². The molecule has 0 atom stereocenters. The van der Waals surface area contributed by atoms with Crippen molar-refractivity contribution in [1.82, 2.24) is 19.9 Å². The van der Waals surface area contributed by atoms with Crippen molar-refractivity contribution in [2.24, 2.45) is 0 Å². The van der Waals surface area contributed by atoms with Crippen LogP contribution in [0.1, 0.15) is 22.3 Å². The summed E-state index contributed by atoms with van der Waals surface area (Å²) in [7, 11) is 0. The molecule has 62 heavy (non-hydrogen) atoms. The highest BCUT2D eigenvalue weighted by molar-refractivity contribution is 7.81. The van der Waals surface area contributed by atoms with Crippen LogP contribution in [0.25, 0.3) is 22.6 Å². The van der Waals surface area contributed by atoms with Gasteiger partial charge in [0.05, 0.1) is 35.7 Å². The number of oxazole rings is 2. The minimum Gasteiger partial charge on any atom is -0.423 e. The summed E-state index contributed by atoms with van der Waals surface area (Å²) in [5, 5.41) is 37.6. The zero-order valence-corrected chi connectivity index (χ0v) is 34.8. The van der Waals surface area contributed by atoms with Crippen LogP contribution in [-0.2, 0) is 0 Å². The zero-order chi connectivity index (χ0) is 43.3. The lowest BCUT2D eigenvalue weighted by Crippen LogP contribution is -2.19.